The van der Waals surface area contributed by atoms with Gasteiger partial charge in [0.1, 0.15) is 0 Å². The van der Waals surface area contributed by atoms with Crippen molar-refractivity contribution in [3.05, 3.63) is 39.4 Å². The van der Waals surface area contributed by atoms with Gasteiger partial charge in [-0.25, -0.2) is 0 Å². The topological polar surface area (TPSA) is 69.4 Å². The highest BCUT2D eigenvalue weighted by Crippen LogP contribution is 2.33. The molecule has 0 spiro atoms. The van der Waals surface area contributed by atoms with Gasteiger partial charge < -0.3 is 4.74 Å². The lowest BCUT2D eigenvalue weighted by Gasteiger charge is -2.07. The normalized spacial score (nSPS) is 19.6. The Morgan fingerprint density at radius 3 is 2.81 bits per heavy atom. The summed E-state index contributed by atoms with van der Waals surface area (Å²) in [5.74, 6) is -0.853. The molecule has 0 N–H and O–H groups in total. The number of nitrogens with zero attached hydrogens (tertiary/aromatic N) is 1. The first-order chi connectivity index (χ1) is 7.59. The Morgan fingerprint density at radius 2 is 2.25 bits per heavy atom. The van der Waals surface area contributed by atoms with Crippen LogP contribution in [0.15, 0.2) is 18.2 Å². The van der Waals surface area contributed by atoms with Crippen molar-refractivity contribution >= 4 is 11.7 Å². The summed E-state index contributed by atoms with van der Waals surface area (Å²) in [4.78, 5) is 21.8. The molecule has 1 aliphatic rings. The van der Waals surface area contributed by atoms with Crippen LogP contribution in [0.2, 0.25) is 0 Å². The molecule has 0 aromatic heterocycles. The van der Waals surface area contributed by atoms with Gasteiger partial charge >= 0.3 is 5.97 Å². The third-order valence-electron chi connectivity index (χ3n) is 2.69. The second-order valence-electron chi connectivity index (χ2n) is 3.83. The molecule has 1 aromatic carbocycles. The van der Waals surface area contributed by atoms with E-state index < -0.39 is 10.8 Å². The number of cyclic esters (lactones) is 1. The summed E-state index contributed by atoms with van der Waals surface area (Å²) in [6, 6.07) is 4.80. The Balaban J connectivity index is 2.48. The highest BCUT2D eigenvalue weighted by atomic mass is 16.6. The molecule has 1 unspecified atom stereocenters. The minimum Gasteiger partial charge on any atom is -0.465 e. The lowest BCUT2D eigenvalue weighted by molar-refractivity contribution is -0.385. The first kappa shape index (κ1) is 10.6. The molecule has 0 amide bonds. The fraction of sp³-hybridized carbons (Fsp3) is 0.364. The van der Waals surface area contributed by atoms with Gasteiger partial charge in [-0.1, -0.05) is 11.6 Å². The minimum atomic E-state index is -0.486. The van der Waals surface area contributed by atoms with E-state index in [1.165, 1.54) is 6.07 Å². The van der Waals surface area contributed by atoms with Crippen molar-refractivity contribution < 1.29 is 14.5 Å². The van der Waals surface area contributed by atoms with Crippen molar-refractivity contribution in [1.82, 2.24) is 0 Å². The van der Waals surface area contributed by atoms with Crippen LogP contribution in [0.25, 0.3) is 0 Å². The van der Waals surface area contributed by atoms with Gasteiger partial charge in [-0.15, -0.1) is 0 Å². The van der Waals surface area contributed by atoms with Crippen LogP contribution in [0.3, 0.4) is 0 Å². The fourth-order valence-electron chi connectivity index (χ4n) is 1.90. The van der Waals surface area contributed by atoms with Crippen LogP contribution < -0.4 is 0 Å². The van der Waals surface area contributed by atoms with Gasteiger partial charge in [-0.3, -0.25) is 14.9 Å². The van der Waals surface area contributed by atoms with Crippen molar-refractivity contribution in [2.45, 2.75) is 19.3 Å². The molecule has 1 fully saturated rings. The maximum absolute atomic E-state index is 11.4. The Kier molecular flexibility index (Phi) is 2.60. The molecule has 16 heavy (non-hydrogen) atoms. The number of nitro groups is 1. The molecule has 1 aliphatic heterocycles. The van der Waals surface area contributed by atoms with E-state index in [4.69, 9.17) is 4.74 Å². The van der Waals surface area contributed by atoms with Crippen LogP contribution in [0.1, 0.15) is 23.5 Å². The average molecular weight is 221 g/mol. The molecule has 0 bridgehead atoms. The summed E-state index contributed by atoms with van der Waals surface area (Å²) in [5.41, 5.74) is 1.36. The lowest BCUT2D eigenvalue weighted by Crippen LogP contribution is -2.08. The lowest BCUT2D eigenvalue weighted by atomic mass is 9.95. The standard InChI is InChI=1S/C11H11NO4/c1-7-2-3-10(12(14)15)9(6-7)8-4-5-16-11(8)13/h2-3,6,8H,4-5H2,1H3. The quantitative estimate of drug-likeness (QED) is 0.434. The van der Waals surface area contributed by atoms with Crippen LogP contribution in [0, 0.1) is 17.0 Å². The number of hydrogen-bond acceptors (Lipinski definition) is 4. The van der Waals surface area contributed by atoms with Gasteiger partial charge in [0, 0.05) is 11.6 Å². The van der Waals surface area contributed by atoms with Crippen LogP contribution in [0.5, 0.6) is 0 Å². The second kappa shape index (κ2) is 3.92. The van der Waals surface area contributed by atoms with E-state index in [1.807, 2.05) is 6.92 Å². The van der Waals surface area contributed by atoms with Crippen LogP contribution >= 0.6 is 0 Å². The summed E-state index contributed by atoms with van der Waals surface area (Å²) in [6.07, 6.45) is 0.517. The van der Waals surface area contributed by atoms with Crippen molar-refractivity contribution in [3.8, 4) is 0 Å². The Hall–Kier alpha value is -1.91. The zero-order valence-electron chi connectivity index (χ0n) is 8.80. The number of nitro benzene ring substituents is 1. The summed E-state index contributed by atoms with van der Waals surface area (Å²) in [5, 5.41) is 10.8. The Bertz CT molecular complexity index is 455. The summed E-state index contributed by atoms with van der Waals surface area (Å²) < 4.78 is 4.83. The molecule has 1 atom stereocenters. The van der Waals surface area contributed by atoms with Crippen LogP contribution in [-0.4, -0.2) is 17.5 Å². The highest BCUT2D eigenvalue weighted by molar-refractivity contribution is 5.81. The van der Waals surface area contributed by atoms with Gasteiger partial charge in [-0.2, -0.15) is 0 Å². The molecular formula is C11H11NO4. The van der Waals surface area contributed by atoms with E-state index in [0.717, 1.165) is 5.56 Å². The molecule has 1 saturated heterocycles. The molecule has 0 aliphatic carbocycles. The van der Waals surface area contributed by atoms with Crippen molar-refractivity contribution in [2.75, 3.05) is 6.61 Å². The number of benzene rings is 1. The number of esters is 1. The first-order valence-corrected chi connectivity index (χ1v) is 5.01. The third kappa shape index (κ3) is 1.76. The largest absolute Gasteiger partial charge is 0.465 e. The fourth-order valence-corrected chi connectivity index (χ4v) is 1.90. The maximum Gasteiger partial charge on any atom is 0.313 e. The molecule has 5 nitrogen and oxygen atoms in total. The van der Waals surface area contributed by atoms with Crippen molar-refractivity contribution in [3.63, 3.8) is 0 Å². The molecule has 2 rings (SSSR count). The van der Waals surface area contributed by atoms with E-state index >= 15 is 0 Å². The zero-order chi connectivity index (χ0) is 11.7. The summed E-state index contributed by atoms with van der Waals surface area (Å²) in [6.45, 7) is 2.18. The molecule has 84 valence electrons. The Labute approximate surface area is 92.2 Å². The number of aryl methyl sites for hydroxylation is 1. The van der Waals surface area contributed by atoms with E-state index in [1.54, 1.807) is 12.1 Å². The van der Waals surface area contributed by atoms with Gasteiger partial charge in [0.05, 0.1) is 17.4 Å². The predicted molar refractivity (Wildman–Crippen MR) is 56.2 cm³/mol. The van der Waals surface area contributed by atoms with Gasteiger partial charge in [0.2, 0.25) is 0 Å². The van der Waals surface area contributed by atoms with E-state index in [2.05, 4.69) is 0 Å². The first-order valence-electron chi connectivity index (χ1n) is 5.01. The van der Waals surface area contributed by atoms with Crippen LogP contribution in [-0.2, 0) is 9.53 Å². The van der Waals surface area contributed by atoms with Crippen LogP contribution in [0.4, 0.5) is 5.69 Å². The van der Waals surface area contributed by atoms with E-state index in [-0.39, 0.29) is 11.7 Å². The van der Waals surface area contributed by atoms with Gasteiger partial charge in [-0.05, 0) is 19.4 Å². The molecular weight excluding hydrogens is 210 g/mol. The molecule has 5 heteroatoms. The molecule has 1 aromatic rings. The third-order valence-corrected chi connectivity index (χ3v) is 2.69. The number of carbonyl (C=O) groups excluding carboxylic acids is 1. The summed E-state index contributed by atoms with van der Waals surface area (Å²) in [7, 11) is 0. The van der Waals surface area contributed by atoms with Crippen molar-refractivity contribution in [1.29, 1.82) is 0 Å². The monoisotopic (exact) mass is 221 g/mol. The maximum atomic E-state index is 11.4. The van der Waals surface area contributed by atoms with Crippen molar-refractivity contribution in [2.24, 2.45) is 0 Å². The SMILES string of the molecule is Cc1ccc([N+](=O)[O-])c(C2CCOC2=O)c1. The number of hydrogen-bond donors (Lipinski definition) is 0. The minimum absolute atomic E-state index is 0.00514. The van der Waals surface area contributed by atoms with E-state index in [0.29, 0.717) is 18.6 Å². The molecule has 0 radical (unpaired) electrons. The van der Waals surface area contributed by atoms with Gasteiger partial charge in [0.15, 0.2) is 0 Å². The number of rotatable bonds is 2. The zero-order valence-corrected chi connectivity index (χ0v) is 8.80. The highest BCUT2D eigenvalue weighted by Gasteiger charge is 2.33. The molecule has 0 saturated carbocycles. The van der Waals surface area contributed by atoms with Gasteiger partial charge in [0.25, 0.3) is 5.69 Å². The predicted octanol–water partition coefficient (Wildman–Crippen LogP) is 1.93. The Morgan fingerprint density at radius 1 is 1.50 bits per heavy atom. The smallest absolute Gasteiger partial charge is 0.313 e. The molecule has 1 heterocycles. The summed E-state index contributed by atoms with van der Waals surface area (Å²) >= 11 is 0. The van der Waals surface area contributed by atoms with E-state index in [9.17, 15) is 14.9 Å². The number of carbonyl (C=O) groups is 1. The average Bonchev–Trinajstić information content (AvgIpc) is 2.63. The number of ether oxygens (including phenoxy) is 1. The second-order valence-corrected chi connectivity index (χ2v) is 3.83.